The van der Waals surface area contributed by atoms with Gasteiger partial charge in [-0.25, -0.2) is 0 Å². The van der Waals surface area contributed by atoms with E-state index in [-0.39, 0.29) is 5.92 Å². The number of Topliss-reactive ketones (excluding diaryl/α,β-unsaturated/α-hetero) is 1. The summed E-state index contributed by atoms with van der Waals surface area (Å²) in [6.45, 7) is 3.94. The number of carbonyl (C=O) groups excluding carboxylic acids is 1. The van der Waals surface area contributed by atoms with Gasteiger partial charge in [0.2, 0.25) is 0 Å². The van der Waals surface area contributed by atoms with Crippen LogP contribution in [0.5, 0.6) is 0 Å². The van der Waals surface area contributed by atoms with Crippen LogP contribution in [-0.2, 0) is 11.2 Å². The van der Waals surface area contributed by atoms with Gasteiger partial charge in [0.1, 0.15) is 5.78 Å². The van der Waals surface area contributed by atoms with Gasteiger partial charge in [-0.15, -0.1) is 0 Å². The summed E-state index contributed by atoms with van der Waals surface area (Å²) in [6.07, 6.45) is 1.46. The van der Waals surface area contributed by atoms with Crippen molar-refractivity contribution in [3.63, 3.8) is 0 Å². The summed E-state index contributed by atoms with van der Waals surface area (Å²) in [4.78, 5) is 11.6. The summed E-state index contributed by atoms with van der Waals surface area (Å²) in [7, 11) is 0. The van der Waals surface area contributed by atoms with Crippen molar-refractivity contribution in [3.8, 4) is 11.1 Å². The molecule has 2 rings (SSSR count). The van der Waals surface area contributed by atoms with Gasteiger partial charge < -0.3 is 0 Å². The minimum absolute atomic E-state index is 0.118. The second-order valence-corrected chi connectivity index (χ2v) is 4.99. The normalized spacial score (nSPS) is 12.1. The molecule has 0 aromatic heterocycles. The highest BCUT2D eigenvalue weighted by Crippen LogP contribution is 2.20. The summed E-state index contributed by atoms with van der Waals surface area (Å²) in [5.41, 5.74) is 3.68. The predicted octanol–water partition coefficient (Wildman–Crippen LogP) is 4.51. The lowest BCUT2D eigenvalue weighted by Crippen LogP contribution is -2.12. The molecular formula is C18H20O. The first-order chi connectivity index (χ1) is 9.20. The first kappa shape index (κ1) is 13.5. The third-order valence-electron chi connectivity index (χ3n) is 3.50. The quantitative estimate of drug-likeness (QED) is 0.765. The van der Waals surface area contributed by atoms with E-state index < -0.39 is 0 Å². The zero-order chi connectivity index (χ0) is 13.7. The van der Waals surface area contributed by atoms with Gasteiger partial charge in [0.15, 0.2) is 0 Å². The fourth-order valence-electron chi connectivity index (χ4n) is 2.28. The molecule has 0 aliphatic carbocycles. The fourth-order valence-corrected chi connectivity index (χ4v) is 2.28. The van der Waals surface area contributed by atoms with Crippen molar-refractivity contribution in [1.82, 2.24) is 0 Å². The van der Waals surface area contributed by atoms with Crippen LogP contribution in [0, 0.1) is 5.92 Å². The number of carbonyl (C=O) groups is 1. The molecule has 0 radical (unpaired) electrons. The minimum atomic E-state index is 0.118. The van der Waals surface area contributed by atoms with Crippen molar-refractivity contribution in [2.45, 2.75) is 26.7 Å². The molecule has 0 aliphatic rings. The van der Waals surface area contributed by atoms with Gasteiger partial charge in [-0.1, -0.05) is 68.4 Å². The lowest BCUT2D eigenvalue weighted by molar-refractivity contribution is -0.122. The highest BCUT2D eigenvalue weighted by atomic mass is 16.1. The van der Waals surface area contributed by atoms with Crippen molar-refractivity contribution >= 4 is 5.78 Å². The van der Waals surface area contributed by atoms with Crippen molar-refractivity contribution in [2.24, 2.45) is 5.92 Å². The maximum Gasteiger partial charge on any atom is 0.135 e. The van der Waals surface area contributed by atoms with E-state index in [1.54, 1.807) is 0 Å². The molecule has 1 atom stereocenters. The van der Waals surface area contributed by atoms with Crippen molar-refractivity contribution in [3.05, 3.63) is 60.2 Å². The van der Waals surface area contributed by atoms with Crippen LogP contribution in [-0.4, -0.2) is 5.78 Å². The lowest BCUT2D eigenvalue weighted by Gasteiger charge is -2.10. The van der Waals surface area contributed by atoms with Gasteiger partial charge in [0, 0.05) is 12.3 Å². The molecular weight excluding hydrogens is 232 g/mol. The summed E-state index contributed by atoms with van der Waals surface area (Å²) in [6, 6.07) is 18.9. The van der Waals surface area contributed by atoms with Crippen molar-refractivity contribution in [2.75, 3.05) is 0 Å². The first-order valence-corrected chi connectivity index (χ1v) is 6.87. The van der Waals surface area contributed by atoms with Gasteiger partial charge >= 0.3 is 0 Å². The van der Waals surface area contributed by atoms with E-state index in [2.05, 4.69) is 36.4 Å². The van der Waals surface area contributed by atoms with Gasteiger partial charge in [0.25, 0.3) is 0 Å². The first-order valence-electron chi connectivity index (χ1n) is 6.87. The third-order valence-corrected chi connectivity index (χ3v) is 3.50. The SMILES string of the molecule is CCC(=O)C(C)Cc1ccc(-c2ccccc2)cc1. The van der Waals surface area contributed by atoms with Crippen LogP contribution in [0.25, 0.3) is 11.1 Å². The molecule has 0 heterocycles. The lowest BCUT2D eigenvalue weighted by atomic mass is 9.94. The highest BCUT2D eigenvalue weighted by molar-refractivity contribution is 5.80. The van der Waals surface area contributed by atoms with Crippen LogP contribution in [0.1, 0.15) is 25.8 Å². The largest absolute Gasteiger partial charge is 0.299 e. The Hall–Kier alpha value is -1.89. The summed E-state index contributed by atoms with van der Waals surface area (Å²) in [5, 5.41) is 0. The van der Waals surface area contributed by atoms with Crippen LogP contribution in [0.15, 0.2) is 54.6 Å². The van der Waals surface area contributed by atoms with E-state index in [9.17, 15) is 4.79 Å². The molecule has 0 N–H and O–H groups in total. The number of benzene rings is 2. The Bertz CT molecular complexity index is 525. The topological polar surface area (TPSA) is 17.1 Å². The zero-order valence-corrected chi connectivity index (χ0v) is 11.6. The molecule has 2 aromatic rings. The maximum absolute atomic E-state index is 11.6. The second-order valence-electron chi connectivity index (χ2n) is 4.99. The molecule has 0 bridgehead atoms. The van der Waals surface area contributed by atoms with Crippen LogP contribution < -0.4 is 0 Å². The molecule has 98 valence electrons. The molecule has 19 heavy (non-hydrogen) atoms. The van der Waals surface area contributed by atoms with Gasteiger partial charge in [-0.2, -0.15) is 0 Å². The molecule has 0 fully saturated rings. The van der Waals surface area contributed by atoms with Gasteiger partial charge in [-0.3, -0.25) is 4.79 Å². The molecule has 0 spiro atoms. The van der Waals surface area contributed by atoms with E-state index in [1.807, 2.05) is 32.0 Å². The maximum atomic E-state index is 11.6. The van der Waals surface area contributed by atoms with Crippen LogP contribution in [0.3, 0.4) is 0 Å². The Morgan fingerprint density at radius 3 is 2.11 bits per heavy atom. The Labute approximate surface area is 115 Å². The van der Waals surface area contributed by atoms with E-state index in [0.717, 1.165) is 6.42 Å². The average Bonchev–Trinajstić information content (AvgIpc) is 2.48. The highest BCUT2D eigenvalue weighted by Gasteiger charge is 2.11. The standard InChI is InChI=1S/C18H20O/c1-3-18(19)14(2)13-15-9-11-17(12-10-15)16-7-5-4-6-8-16/h4-12,14H,3,13H2,1-2H3. The minimum Gasteiger partial charge on any atom is -0.299 e. The van der Waals surface area contributed by atoms with Crippen molar-refractivity contribution in [1.29, 1.82) is 0 Å². The Morgan fingerprint density at radius 2 is 1.53 bits per heavy atom. The smallest absolute Gasteiger partial charge is 0.135 e. The van der Waals surface area contributed by atoms with E-state index in [0.29, 0.717) is 12.2 Å². The van der Waals surface area contributed by atoms with E-state index in [1.165, 1.54) is 16.7 Å². The molecule has 1 unspecified atom stereocenters. The Balaban J connectivity index is 2.09. The van der Waals surface area contributed by atoms with Gasteiger partial charge in [-0.05, 0) is 23.1 Å². The summed E-state index contributed by atoms with van der Waals surface area (Å²) in [5.74, 6) is 0.458. The van der Waals surface area contributed by atoms with Crippen LogP contribution in [0.4, 0.5) is 0 Å². The average molecular weight is 252 g/mol. The number of hydrogen-bond donors (Lipinski definition) is 0. The number of hydrogen-bond acceptors (Lipinski definition) is 1. The fraction of sp³-hybridized carbons (Fsp3) is 0.278. The molecule has 0 aliphatic heterocycles. The Morgan fingerprint density at radius 1 is 0.947 bits per heavy atom. The monoisotopic (exact) mass is 252 g/mol. The van der Waals surface area contributed by atoms with Crippen LogP contribution >= 0.6 is 0 Å². The predicted molar refractivity (Wildman–Crippen MR) is 80.0 cm³/mol. The second kappa shape index (κ2) is 6.33. The third kappa shape index (κ3) is 3.54. The Kier molecular flexibility index (Phi) is 4.51. The van der Waals surface area contributed by atoms with Gasteiger partial charge in [0.05, 0.1) is 0 Å². The molecule has 0 amide bonds. The number of ketones is 1. The zero-order valence-electron chi connectivity index (χ0n) is 11.6. The van der Waals surface area contributed by atoms with Crippen molar-refractivity contribution < 1.29 is 4.79 Å². The molecule has 2 aromatic carbocycles. The van der Waals surface area contributed by atoms with Crippen LogP contribution in [0.2, 0.25) is 0 Å². The summed E-state index contributed by atoms with van der Waals surface area (Å²) < 4.78 is 0. The molecule has 1 nitrogen and oxygen atoms in total. The molecule has 0 saturated carbocycles. The molecule has 0 saturated heterocycles. The van der Waals surface area contributed by atoms with E-state index >= 15 is 0 Å². The number of rotatable bonds is 5. The summed E-state index contributed by atoms with van der Waals surface area (Å²) >= 11 is 0. The molecule has 1 heteroatoms. The van der Waals surface area contributed by atoms with E-state index in [4.69, 9.17) is 0 Å².